The molecule has 0 heterocycles. The van der Waals surface area contributed by atoms with Crippen LogP contribution in [0.1, 0.15) is 13.3 Å². The Morgan fingerprint density at radius 1 is 1.46 bits per heavy atom. The van der Waals surface area contributed by atoms with Crippen LogP contribution in [-0.2, 0) is 4.74 Å². The largest absolute Gasteiger partial charge is 0.573 e. The van der Waals surface area contributed by atoms with E-state index in [4.69, 9.17) is 0 Å². The Balaban J connectivity index is 4.29. The first kappa shape index (κ1) is 11.8. The average Bonchev–Trinajstić information content (AvgIpc) is 1.96. The molecule has 0 bridgehead atoms. The lowest BCUT2D eigenvalue weighted by molar-refractivity contribution is -0.303. The van der Waals surface area contributed by atoms with E-state index >= 15 is 0 Å². The molecule has 0 fully saturated rings. The molecular weight excluding hydrogens is 181 g/mol. The van der Waals surface area contributed by atoms with E-state index in [0.29, 0.717) is 12.0 Å². The number of hydrogen-bond acceptors (Lipinski definition) is 1. The quantitative estimate of drug-likeness (QED) is 0.488. The molecule has 0 aliphatic carbocycles. The van der Waals surface area contributed by atoms with E-state index in [1.54, 1.807) is 6.92 Å². The van der Waals surface area contributed by atoms with E-state index in [0.717, 1.165) is 0 Å². The minimum absolute atomic E-state index is 0.427. The molecule has 74 valence electrons. The zero-order chi connectivity index (χ0) is 10.5. The molecule has 0 unspecified atom stereocenters. The third kappa shape index (κ3) is 6.02. The van der Waals surface area contributed by atoms with Crippen molar-refractivity contribution in [2.75, 3.05) is 0 Å². The Kier molecular flexibility index (Phi) is 4.31. The number of hydrogen-bond donors (Lipinski definition) is 0. The van der Waals surface area contributed by atoms with Gasteiger partial charge in [-0.25, -0.2) is 0 Å². The van der Waals surface area contributed by atoms with Gasteiger partial charge in [-0.3, -0.25) is 0 Å². The third-order valence-corrected chi connectivity index (χ3v) is 1.26. The third-order valence-electron chi connectivity index (χ3n) is 1.26. The van der Waals surface area contributed by atoms with E-state index < -0.39 is 12.1 Å². The van der Waals surface area contributed by atoms with Crippen LogP contribution in [0.4, 0.5) is 13.2 Å². The lowest BCUT2D eigenvalue weighted by Gasteiger charge is -2.08. The van der Waals surface area contributed by atoms with Crippen molar-refractivity contribution in [2.24, 2.45) is 0 Å². The van der Waals surface area contributed by atoms with Gasteiger partial charge in [0.05, 0.1) is 0 Å². The van der Waals surface area contributed by atoms with E-state index in [9.17, 15) is 13.2 Å². The molecule has 0 amide bonds. The smallest absolute Gasteiger partial charge is 0.406 e. The molecule has 0 aromatic carbocycles. The summed E-state index contributed by atoms with van der Waals surface area (Å²) in [6, 6.07) is 0. The Labute approximate surface area is 75.2 Å². The first-order chi connectivity index (χ1) is 5.89. The highest BCUT2D eigenvalue weighted by Crippen LogP contribution is 2.21. The molecule has 0 atom stereocenters. The number of rotatable bonds is 4. The Hall–Kier alpha value is -1.19. The van der Waals surface area contributed by atoms with Crippen molar-refractivity contribution in [1.29, 1.82) is 0 Å². The molecule has 0 aliphatic heterocycles. The SMILES string of the molecule is C=C/C(=C\C(=C)OC(F)(F)F)CC. The number of ether oxygens (including phenoxy) is 1. The van der Waals surface area contributed by atoms with Crippen LogP contribution in [0.2, 0.25) is 0 Å². The minimum Gasteiger partial charge on any atom is -0.406 e. The topological polar surface area (TPSA) is 9.23 Å². The normalized spacial score (nSPS) is 12.5. The second-order valence-corrected chi connectivity index (χ2v) is 2.29. The minimum atomic E-state index is -4.67. The Morgan fingerprint density at radius 2 is 2.00 bits per heavy atom. The molecule has 0 spiro atoms. The predicted molar refractivity (Wildman–Crippen MR) is 44.9 cm³/mol. The Morgan fingerprint density at radius 3 is 2.31 bits per heavy atom. The molecule has 0 radical (unpaired) electrons. The molecule has 0 aromatic rings. The van der Waals surface area contributed by atoms with Crippen LogP contribution >= 0.6 is 0 Å². The molecule has 0 N–H and O–H groups in total. The van der Waals surface area contributed by atoms with Gasteiger partial charge in [0.1, 0.15) is 5.76 Å². The Bertz CT molecular complexity index is 226. The summed E-state index contributed by atoms with van der Waals surface area (Å²) in [6.45, 7) is 8.34. The molecule has 0 rings (SSSR count). The number of halogens is 3. The van der Waals surface area contributed by atoms with Crippen molar-refractivity contribution < 1.29 is 17.9 Å². The predicted octanol–water partition coefficient (Wildman–Crippen LogP) is 3.56. The summed E-state index contributed by atoms with van der Waals surface area (Å²) in [6.07, 6.45) is -1.41. The van der Waals surface area contributed by atoms with E-state index in [1.165, 1.54) is 12.2 Å². The number of alkyl halides is 3. The van der Waals surface area contributed by atoms with Gasteiger partial charge in [0.2, 0.25) is 0 Å². The highest BCUT2D eigenvalue weighted by atomic mass is 19.4. The first-order valence-electron chi connectivity index (χ1n) is 3.66. The summed E-state index contributed by atoms with van der Waals surface area (Å²) in [5, 5.41) is 0. The summed E-state index contributed by atoms with van der Waals surface area (Å²) in [5.41, 5.74) is 0.647. The molecule has 4 heteroatoms. The van der Waals surface area contributed by atoms with Crippen LogP contribution in [0.5, 0.6) is 0 Å². The molecular formula is C9H11F3O. The lowest BCUT2D eigenvalue weighted by Crippen LogP contribution is -2.11. The van der Waals surface area contributed by atoms with Crippen LogP contribution in [0, 0.1) is 0 Å². The molecule has 13 heavy (non-hydrogen) atoms. The fourth-order valence-electron chi connectivity index (χ4n) is 0.690. The lowest BCUT2D eigenvalue weighted by atomic mass is 10.2. The van der Waals surface area contributed by atoms with Crippen LogP contribution < -0.4 is 0 Å². The van der Waals surface area contributed by atoms with Gasteiger partial charge in [0, 0.05) is 0 Å². The molecule has 0 saturated heterocycles. The van der Waals surface area contributed by atoms with Crippen LogP contribution in [0.3, 0.4) is 0 Å². The van der Waals surface area contributed by atoms with Gasteiger partial charge in [-0.15, -0.1) is 13.2 Å². The van der Waals surface area contributed by atoms with Crippen molar-refractivity contribution in [2.45, 2.75) is 19.7 Å². The summed E-state index contributed by atoms with van der Waals surface area (Å²) < 4.78 is 38.4. The molecule has 0 aromatic heterocycles. The van der Waals surface area contributed by atoms with E-state index in [1.807, 2.05) is 0 Å². The maximum absolute atomic E-state index is 11.6. The zero-order valence-corrected chi connectivity index (χ0v) is 7.32. The maximum atomic E-state index is 11.6. The molecule has 0 saturated carbocycles. The highest BCUT2D eigenvalue weighted by molar-refractivity contribution is 5.23. The van der Waals surface area contributed by atoms with Gasteiger partial charge in [-0.2, -0.15) is 0 Å². The number of allylic oxidation sites excluding steroid dienone is 3. The highest BCUT2D eigenvalue weighted by Gasteiger charge is 2.30. The van der Waals surface area contributed by atoms with Crippen molar-refractivity contribution in [3.63, 3.8) is 0 Å². The molecule has 1 nitrogen and oxygen atoms in total. The fourth-order valence-corrected chi connectivity index (χ4v) is 0.690. The standard InChI is InChI=1S/C9H11F3O/c1-4-8(5-2)6-7(3)13-9(10,11)12/h4,6H,1,3,5H2,2H3/b8-6+. The van der Waals surface area contributed by atoms with Crippen LogP contribution in [0.25, 0.3) is 0 Å². The first-order valence-corrected chi connectivity index (χ1v) is 3.66. The van der Waals surface area contributed by atoms with Crippen LogP contribution in [-0.4, -0.2) is 6.36 Å². The summed E-state index contributed by atoms with van der Waals surface area (Å²) in [4.78, 5) is 0. The van der Waals surface area contributed by atoms with Gasteiger partial charge in [0.15, 0.2) is 0 Å². The fraction of sp³-hybridized carbons (Fsp3) is 0.333. The summed E-state index contributed by atoms with van der Waals surface area (Å²) in [7, 11) is 0. The van der Waals surface area contributed by atoms with Gasteiger partial charge < -0.3 is 4.74 Å². The van der Waals surface area contributed by atoms with E-state index in [-0.39, 0.29) is 0 Å². The van der Waals surface area contributed by atoms with Crippen molar-refractivity contribution in [3.8, 4) is 0 Å². The second kappa shape index (κ2) is 4.74. The van der Waals surface area contributed by atoms with Crippen molar-refractivity contribution >= 4 is 0 Å². The van der Waals surface area contributed by atoms with Gasteiger partial charge in [-0.1, -0.05) is 26.2 Å². The summed E-state index contributed by atoms with van der Waals surface area (Å²) >= 11 is 0. The molecule has 0 aliphatic rings. The summed E-state index contributed by atoms with van der Waals surface area (Å²) in [5.74, 6) is -0.427. The van der Waals surface area contributed by atoms with Crippen molar-refractivity contribution in [3.05, 3.63) is 36.6 Å². The second-order valence-electron chi connectivity index (χ2n) is 2.29. The zero-order valence-electron chi connectivity index (χ0n) is 7.32. The monoisotopic (exact) mass is 192 g/mol. The van der Waals surface area contributed by atoms with Crippen LogP contribution in [0.15, 0.2) is 36.6 Å². The van der Waals surface area contributed by atoms with Gasteiger partial charge >= 0.3 is 6.36 Å². The van der Waals surface area contributed by atoms with Crippen molar-refractivity contribution in [1.82, 2.24) is 0 Å². The average molecular weight is 192 g/mol. The van der Waals surface area contributed by atoms with Gasteiger partial charge in [-0.05, 0) is 18.1 Å². The van der Waals surface area contributed by atoms with Gasteiger partial charge in [0.25, 0.3) is 0 Å². The maximum Gasteiger partial charge on any atom is 0.573 e. The van der Waals surface area contributed by atoms with E-state index in [2.05, 4.69) is 17.9 Å².